The second-order valence-electron chi connectivity index (χ2n) is 6.08. The van der Waals surface area contributed by atoms with E-state index in [0.29, 0.717) is 11.8 Å². The van der Waals surface area contributed by atoms with Crippen molar-refractivity contribution in [3.63, 3.8) is 0 Å². The van der Waals surface area contributed by atoms with Gasteiger partial charge >= 0.3 is 14.4 Å². The van der Waals surface area contributed by atoms with E-state index in [2.05, 4.69) is 20.8 Å². The highest BCUT2D eigenvalue weighted by Gasteiger charge is 2.20. The molecule has 0 unspecified atom stereocenters. The summed E-state index contributed by atoms with van der Waals surface area (Å²) in [6, 6.07) is 6.33. The van der Waals surface area contributed by atoms with Crippen LogP contribution in [-0.4, -0.2) is 50.6 Å². The van der Waals surface area contributed by atoms with Gasteiger partial charge in [-0.1, -0.05) is 64.3 Å². The molecule has 27 heavy (non-hydrogen) atoms. The van der Waals surface area contributed by atoms with Crippen LogP contribution in [0.25, 0.3) is 0 Å². The maximum atomic E-state index is 10.3. The van der Waals surface area contributed by atoms with Crippen LogP contribution >= 0.6 is 0 Å². The maximum Gasteiger partial charge on any atom is 0.639 e. The molecule has 0 aromatic heterocycles. The molecular weight excluding hydrogens is 346 g/mol. The summed E-state index contributed by atoms with van der Waals surface area (Å²) in [5, 5.41) is 17.5. The molecule has 0 heterocycles. The summed E-state index contributed by atoms with van der Waals surface area (Å²) < 4.78 is 16.6. The zero-order valence-electron chi connectivity index (χ0n) is 16.9. The Balaban J connectivity index is 0.000000533. The third-order valence-electron chi connectivity index (χ3n) is 3.66. The van der Waals surface area contributed by atoms with Gasteiger partial charge in [-0.15, -0.1) is 0 Å². The molecule has 0 fully saturated rings. The SMILES string of the molecule is CCCCOB(OCCCC)OCCCC.O=Cc1ccccc1B(O)O. The highest BCUT2D eigenvalue weighted by Crippen LogP contribution is 2.00. The number of hydrogen-bond acceptors (Lipinski definition) is 6. The van der Waals surface area contributed by atoms with Gasteiger partial charge in [0, 0.05) is 25.4 Å². The maximum absolute atomic E-state index is 10.3. The Morgan fingerprint density at radius 1 is 0.852 bits per heavy atom. The van der Waals surface area contributed by atoms with Gasteiger partial charge in [-0.25, -0.2) is 0 Å². The van der Waals surface area contributed by atoms with E-state index in [1.54, 1.807) is 12.1 Å². The molecule has 0 aliphatic rings. The Morgan fingerprint density at radius 2 is 1.30 bits per heavy atom. The van der Waals surface area contributed by atoms with Crippen molar-refractivity contribution in [3.8, 4) is 0 Å². The molecule has 0 amide bonds. The van der Waals surface area contributed by atoms with Gasteiger partial charge in [0.2, 0.25) is 0 Å². The summed E-state index contributed by atoms with van der Waals surface area (Å²) in [4.78, 5) is 10.3. The number of hydrogen-bond donors (Lipinski definition) is 2. The molecule has 2 N–H and O–H groups in total. The molecule has 0 aliphatic heterocycles. The molecule has 0 bridgehead atoms. The van der Waals surface area contributed by atoms with Crippen LogP contribution in [0.1, 0.15) is 69.7 Å². The fraction of sp³-hybridized carbons (Fsp3) is 0.632. The van der Waals surface area contributed by atoms with Crippen LogP contribution in [0.4, 0.5) is 0 Å². The van der Waals surface area contributed by atoms with Crippen LogP contribution in [0.3, 0.4) is 0 Å². The zero-order chi connectivity index (χ0) is 20.3. The summed E-state index contributed by atoms with van der Waals surface area (Å²) in [6.07, 6.45) is 7.18. The molecule has 0 aliphatic carbocycles. The van der Waals surface area contributed by atoms with Gasteiger partial charge in [0.1, 0.15) is 6.29 Å². The number of aldehydes is 1. The summed E-state index contributed by atoms with van der Waals surface area (Å²) in [7, 11) is -2.03. The number of rotatable bonds is 14. The first-order valence-electron chi connectivity index (χ1n) is 9.85. The van der Waals surface area contributed by atoms with Gasteiger partial charge in [0.15, 0.2) is 0 Å². The lowest BCUT2D eigenvalue weighted by Crippen LogP contribution is -2.32. The van der Waals surface area contributed by atoms with E-state index in [-0.39, 0.29) is 5.46 Å². The van der Waals surface area contributed by atoms with Gasteiger partial charge in [-0.05, 0) is 24.7 Å². The van der Waals surface area contributed by atoms with E-state index in [4.69, 9.17) is 24.0 Å². The molecule has 0 saturated carbocycles. The van der Waals surface area contributed by atoms with E-state index < -0.39 is 14.4 Å². The Labute approximate surface area is 164 Å². The van der Waals surface area contributed by atoms with E-state index in [1.807, 2.05) is 0 Å². The lowest BCUT2D eigenvalue weighted by Gasteiger charge is -2.14. The van der Waals surface area contributed by atoms with Crippen LogP contribution in [0.5, 0.6) is 0 Å². The molecule has 0 radical (unpaired) electrons. The Hall–Kier alpha value is -1.18. The Bertz CT molecular complexity index is 449. The van der Waals surface area contributed by atoms with Crippen molar-refractivity contribution in [1.82, 2.24) is 0 Å². The van der Waals surface area contributed by atoms with Gasteiger partial charge in [-0.2, -0.15) is 0 Å². The van der Waals surface area contributed by atoms with Crippen LogP contribution in [-0.2, 0) is 14.0 Å². The van der Waals surface area contributed by atoms with E-state index in [0.717, 1.165) is 58.3 Å². The molecule has 152 valence electrons. The number of carbonyl (C=O) groups is 1. The van der Waals surface area contributed by atoms with Gasteiger partial charge in [0.25, 0.3) is 0 Å². The topological polar surface area (TPSA) is 85.2 Å². The fourth-order valence-corrected chi connectivity index (χ4v) is 1.97. The van der Waals surface area contributed by atoms with Crippen molar-refractivity contribution in [2.75, 3.05) is 19.8 Å². The number of benzene rings is 1. The van der Waals surface area contributed by atoms with Gasteiger partial charge in [-0.3, -0.25) is 4.79 Å². The van der Waals surface area contributed by atoms with Crippen molar-refractivity contribution < 1.29 is 28.8 Å². The van der Waals surface area contributed by atoms with Crippen LogP contribution in [0.15, 0.2) is 24.3 Å². The van der Waals surface area contributed by atoms with Gasteiger partial charge < -0.3 is 24.0 Å². The van der Waals surface area contributed by atoms with Crippen molar-refractivity contribution in [1.29, 1.82) is 0 Å². The van der Waals surface area contributed by atoms with Crippen molar-refractivity contribution in [2.45, 2.75) is 59.3 Å². The zero-order valence-corrected chi connectivity index (χ0v) is 16.9. The third-order valence-corrected chi connectivity index (χ3v) is 3.66. The predicted molar refractivity (Wildman–Crippen MR) is 110 cm³/mol. The first-order valence-corrected chi connectivity index (χ1v) is 9.85. The van der Waals surface area contributed by atoms with E-state index in [9.17, 15) is 4.79 Å². The standard InChI is InChI=1S/C12H27BO3.C7H7BO3/c1-4-7-10-14-13(15-11-8-5-2)16-12-9-6-3;9-5-6-3-1-2-4-7(6)8(10)11/h4-12H2,1-3H3;1-5,10-11H. The monoisotopic (exact) mass is 380 g/mol. The second-order valence-corrected chi connectivity index (χ2v) is 6.08. The molecular formula is C19H34B2O6. The van der Waals surface area contributed by atoms with E-state index in [1.165, 1.54) is 12.1 Å². The quantitative estimate of drug-likeness (QED) is 0.293. The molecule has 6 nitrogen and oxygen atoms in total. The molecule has 1 aromatic rings. The molecule has 1 aromatic carbocycles. The predicted octanol–water partition coefficient (Wildman–Crippen LogP) is 2.60. The molecule has 8 heteroatoms. The first-order chi connectivity index (χ1) is 13.1. The van der Waals surface area contributed by atoms with Crippen LogP contribution in [0, 0.1) is 0 Å². The van der Waals surface area contributed by atoms with Crippen molar-refractivity contribution in [3.05, 3.63) is 29.8 Å². The normalized spacial score (nSPS) is 10.1. The van der Waals surface area contributed by atoms with E-state index >= 15 is 0 Å². The highest BCUT2D eigenvalue weighted by molar-refractivity contribution is 6.60. The smallest absolute Gasteiger partial charge is 0.423 e. The Kier molecular flexibility index (Phi) is 17.4. The number of unbranched alkanes of at least 4 members (excludes halogenated alkanes) is 3. The van der Waals surface area contributed by atoms with Crippen molar-refractivity contribution >= 4 is 26.2 Å². The average molecular weight is 380 g/mol. The second kappa shape index (κ2) is 18.2. The fourth-order valence-electron chi connectivity index (χ4n) is 1.97. The summed E-state index contributed by atoms with van der Waals surface area (Å²) in [5.74, 6) is 0. The Morgan fingerprint density at radius 3 is 1.63 bits per heavy atom. The van der Waals surface area contributed by atoms with Crippen molar-refractivity contribution in [2.24, 2.45) is 0 Å². The van der Waals surface area contributed by atoms with Crippen LogP contribution in [0.2, 0.25) is 0 Å². The third kappa shape index (κ3) is 13.6. The minimum absolute atomic E-state index is 0.238. The highest BCUT2D eigenvalue weighted by atomic mass is 16.7. The van der Waals surface area contributed by atoms with Gasteiger partial charge in [0.05, 0.1) is 0 Å². The molecule has 0 atom stereocenters. The largest absolute Gasteiger partial charge is 0.639 e. The average Bonchev–Trinajstić information content (AvgIpc) is 2.68. The molecule has 1 rings (SSSR count). The lowest BCUT2D eigenvalue weighted by atomic mass is 9.77. The first kappa shape index (κ1) is 25.8. The van der Waals surface area contributed by atoms with Crippen LogP contribution < -0.4 is 5.46 Å². The number of carbonyl (C=O) groups excluding carboxylic acids is 1. The minimum Gasteiger partial charge on any atom is -0.423 e. The molecule has 0 saturated heterocycles. The minimum atomic E-state index is -1.57. The summed E-state index contributed by atoms with van der Waals surface area (Å²) >= 11 is 0. The lowest BCUT2D eigenvalue weighted by molar-refractivity contribution is 0.0899. The summed E-state index contributed by atoms with van der Waals surface area (Å²) in [6.45, 7) is 8.61. The molecule has 0 spiro atoms. The summed E-state index contributed by atoms with van der Waals surface area (Å²) in [5.41, 5.74) is 0.546.